The van der Waals surface area contributed by atoms with E-state index < -0.39 is 8.07 Å². The third-order valence-corrected chi connectivity index (χ3v) is 15.2. The number of pyridine rings is 1. The standard InChI is InChI=1S/C54H58N3OSi/c1-10-39(58)31-51-56(49-32-50-52(41(49)11-2)44-24-18-17-23-43(44)47-28-26-40(33-55(47)50)59(7,8)9)48-27-25-37-21-15-16-22-42(37)54(48)57(51)53-45(34(3)4)29-38(30-46(53)35(5)6)36-19-13-12-14-20-36/h12-31,33-35,50,52H,10-11,32H2,1-9H3/q+1/p+1. The lowest BCUT2D eigenvalue weighted by Crippen LogP contribution is -2.52. The van der Waals surface area contributed by atoms with E-state index in [1.165, 1.54) is 83.0 Å². The van der Waals surface area contributed by atoms with Crippen LogP contribution in [0.1, 0.15) is 107 Å². The van der Waals surface area contributed by atoms with Crippen molar-refractivity contribution in [2.24, 2.45) is 0 Å². The van der Waals surface area contributed by atoms with Gasteiger partial charge in [0.15, 0.2) is 23.3 Å². The van der Waals surface area contributed by atoms with Crippen LogP contribution in [0.15, 0.2) is 133 Å². The zero-order valence-electron chi connectivity index (χ0n) is 36.3. The lowest BCUT2D eigenvalue weighted by molar-refractivity contribution is -0.715. The first-order valence-electron chi connectivity index (χ1n) is 21.9. The summed E-state index contributed by atoms with van der Waals surface area (Å²) in [6.45, 7) is 21.1. The molecule has 0 saturated heterocycles. The molecule has 0 radical (unpaired) electrons. The van der Waals surface area contributed by atoms with Gasteiger partial charge >= 0.3 is 0 Å². The Morgan fingerprint density at radius 1 is 0.797 bits per heavy atom. The number of aliphatic hydroxyl groups is 1. The number of fused-ring (bicyclic) bond motifs is 9. The molecule has 1 aliphatic carbocycles. The predicted molar refractivity (Wildman–Crippen MR) is 250 cm³/mol. The molecule has 0 saturated carbocycles. The second kappa shape index (κ2) is 14.9. The predicted octanol–water partition coefficient (Wildman–Crippen LogP) is 13.2. The number of imidazole rings is 1. The van der Waals surface area contributed by atoms with Gasteiger partial charge in [0.05, 0.1) is 32.1 Å². The number of aliphatic hydroxyl groups excluding tert-OH is 1. The summed E-state index contributed by atoms with van der Waals surface area (Å²) in [6.07, 6.45) is 6.96. The van der Waals surface area contributed by atoms with Gasteiger partial charge in [0.25, 0.3) is 5.82 Å². The summed E-state index contributed by atoms with van der Waals surface area (Å²) in [5.74, 6) is 2.11. The summed E-state index contributed by atoms with van der Waals surface area (Å²) in [6, 6.07) is 43.3. The Morgan fingerprint density at radius 2 is 1.47 bits per heavy atom. The molecule has 5 heteroatoms. The number of aromatic nitrogens is 3. The van der Waals surface area contributed by atoms with Gasteiger partial charge in [0.1, 0.15) is 17.1 Å². The van der Waals surface area contributed by atoms with E-state index in [4.69, 9.17) is 0 Å². The van der Waals surface area contributed by atoms with Crippen molar-refractivity contribution in [2.45, 2.75) is 104 Å². The van der Waals surface area contributed by atoms with E-state index in [2.05, 4.69) is 195 Å². The Kier molecular flexibility index (Phi) is 9.87. The van der Waals surface area contributed by atoms with Crippen LogP contribution in [0, 0.1) is 0 Å². The van der Waals surface area contributed by atoms with Crippen molar-refractivity contribution >= 4 is 46.8 Å². The second-order valence-corrected chi connectivity index (χ2v) is 23.6. The van der Waals surface area contributed by atoms with Gasteiger partial charge in [-0.15, -0.1) is 0 Å². The van der Waals surface area contributed by atoms with Crippen LogP contribution in [0.25, 0.3) is 61.7 Å². The quantitative estimate of drug-likeness (QED) is 0.0881. The normalized spacial score (nSPS) is 16.7. The highest BCUT2D eigenvalue weighted by atomic mass is 28.3. The van der Waals surface area contributed by atoms with Crippen LogP contribution in [0.4, 0.5) is 0 Å². The van der Waals surface area contributed by atoms with Crippen molar-refractivity contribution in [3.8, 4) is 28.1 Å². The molecule has 7 aromatic rings. The van der Waals surface area contributed by atoms with Crippen LogP contribution in [0.3, 0.4) is 0 Å². The zero-order chi connectivity index (χ0) is 41.3. The highest BCUT2D eigenvalue weighted by Gasteiger charge is 2.50. The van der Waals surface area contributed by atoms with Crippen molar-refractivity contribution in [1.29, 1.82) is 0 Å². The largest absolute Gasteiger partial charge is 0.512 e. The van der Waals surface area contributed by atoms with Crippen molar-refractivity contribution in [3.63, 3.8) is 0 Å². The molecule has 0 spiro atoms. The van der Waals surface area contributed by atoms with Gasteiger partial charge in [-0.05, 0) is 82.3 Å². The highest BCUT2D eigenvalue weighted by Crippen LogP contribution is 2.52. The van der Waals surface area contributed by atoms with Gasteiger partial charge in [-0.1, -0.05) is 134 Å². The average molecular weight is 794 g/mol. The minimum Gasteiger partial charge on any atom is -0.512 e. The Labute approximate surface area is 351 Å². The lowest BCUT2D eigenvalue weighted by Gasteiger charge is -2.28. The molecule has 2 aromatic heterocycles. The Balaban J connectivity index is 1.42. The van der Waals surface area contributed by atoms with Gasteiger partial charge in [-0.3, -0.25) is 0 Å². The number of hydrogen-bond donors (Lipinski definition) is 1. The summed E-state index contributed by atoms with van der Waals surface area (Å²) >= 11 is 0. The minimum absolute atomic E-state index is 0.242. The molecular weight excluding hydrogens is 735 g/mol. The molecular formula is C54H59N3OSi+2. The van der Waals surface area contributed by atoms with E-state index in [-0.39, 0.29) is 23.8 Å². The second-order valence-electron chi connectivity index (χ2n) is 18.5. The SMILES string of the molecule is CCC1=C([n+]2c(/C=C(\O)CC)n(-c3c(C(C)C)cc(-c4ccccc4)cc3C(C)C)c3c4ccccc4ccc32)CC2C1c1ccccc1-c1ccc([Si](C)(C)C)c[n+]12. The molecule has 59 heavy (non-hydrogen) atoms. The Bertz CT molecular complexity index is 2800. The van der Waals surface area contributed by atoms with Gasteiger partial charge in [-0.25, -0.2) is 0 Å². The maximum Gasteiger partial charge on any atom is 0.296 e. The van der Waals surface area contributed by atoms with E-state index in [1.807, 2.05) is 6.92 Å². The first-order valence-corrected chi connectivity index (χ1v) is 25.4. The van der Waals surface area contributed by atoms with Crippen LogP contribution in [0.2, 0.25) is 19.6 Å². The van der Waals surface area contributed by atoms with Crippen molar-refractivity contribution in [2.75, 3.05) is 0 Å². The van der Waals surface area contributed by atoms with Crippen LogP contribution >= 0.6 is 0 Å². The van der Waals surface area contributed by atoms with Crippen LogP contribution < -0.4 is 14.3 Å². The first-order chi connectivity index (χ1) is 28.4. The molecule has 4 nitrogen and oxygen atoms in total. The maximum atomic E-state index is 11.8. The third-order valence-electron chi connectivity index (χ3n) is 13.2. The molecule has 0 amide bonds. The summed E-state index contributed by atoms with van der Waals surface area (Å²) < 4.78 is 7.76. The minimum atomic E-state index is -1.60. The summed E-state index contributed by atoms with van der Waals surface area (Å²) in [5.41, 5.74) is 15.6. The molecule has 1 aliphatic heterocycles. The molecule has 2 unspecified atom stereocenters. The van der Waals surface area contributed by atoms with Crippen molar-refractivity contribution < 1.29 is 14.2 Å². The van der Waals surface area contributed by atoms with Crippen molar-refractivity contribution in [1.82, 2.24) is 4.57 Å². The fraction of sp³-hybridized carbons (Fsp3) is 0.296. The van der Waals surface area contributed by atoms with E-state index >= 15 is 0 Å². The first kappa shape index (κ1) is 39.0. The molecule has 3 heterocycles. The number of nitrogens with zero attached hydrogens (tertiary/aromatic N) is 3. The molecule has 2 aliphatic rings. The molecule has 2 atom stereocenters. The maximum absolute atomic E-state index is 11.8. The summed E-state index contributed by atoms with van der Waals surface area (Å²) in [5, 5.41) is 15.7. The van der Waals surface area contributed by atoms with Crippen molar-refractivity contribution in [3.05, 3.63) is 155 Å². The van der Waals surface area contributed by atoms with E-state index in [9.17, 15) is 5.11 Å². The fourth-order valence-electron chi connectivity index (χ4n) is 10.1. The van der Waals surface area contributed by atoms with Crippen LogP contribution in [0.5, 0.6) is 0 Å². The van der Waals surface area contributed by atoms with E-state index in [1.54, 1.807) is 0 Å². The van der Waals surface area contributed by atoms with Gasteiger partial charge in [0, 0.05) is 34.2 Å². The Morgan fingerprint density at radius 3 is 2.15 bits per heavy atom. The van der Waals surface area contributed by atoms with Gasteiger partial charge < -0.3 is 5.11 Å². The van der Waals surface area contributed by atoms with E-state index in [0.717, 1.165) is 18.7 Å². The van der Waals surface area contributed by atoms with Gasteiger partial charge in [0.2, 0.25) is 5.69 Å². The summed E-state index contributed by atoms with van der Waals surface area (Å²) in [7, 11) is -1.60. The van der Waals surface area contributed by atoms with Crippen LogP contribution in [-0.4, -0.2) is 17.7 Å². The lowest BCUT2D eigenvalue weighted by atomic mass is 9.81. The molecule has 5 aromatic carbocycles. The highest BCUT2D eigenvalue weighted by molar-refractivity contribution is 6.88. The number of rotatable bonds is 9. The number of allylic oxidation sites excluding steroid dienone is 3. The topological polar surface area (TPSA) is 32.9 Å². The smallest absolute Gasteiger partial charge is 0.296 e. The molecule has 1 N–H and O–H groups in total. The molecule has 298 valence electrons. The van der Waals surface area contributed by atoms with Gasteiger partial charge in [-0.2, -0.15) is 13.7 Å². The monoisotopic (exact) mass is 793 g/mol. The number of hydrogen-bond acceptors (Lipinski definition) is 1. The fourth-order valence-corrected chi connectivity index (χ4v) is 11.2. The molecule has 9 rings (SSSR count). The zero-order valence-corrected chi connectivity index (χ0v) is 37.3. The van der Waals surface area contributed by atoms with Crippen LogP contribution in [-0.2, 0) is 0 Å². The third kappa shape index (κ3) is 6.41. The number of benzene rings is 5. The Hall–Kier alpha value is -5.52. The summed E-state index contributed by atoms with van der Waals surface area (Å²) in [4.78, 5) is 0. The molecule has 0 fully saturated rings. The van der Waals surface area contributed by atoms with E-state index in [0.29, 0.717) is 12.2 Å². The average Bonchev–Trinajstić information content (AvgIpc) is 3.78. The molecule has 0 bridgehead atoms.